The number of anilines is 1. The maximum atomic E-state index is 11.2. The van der Waals surface area contributed by atoms with Gasteiger partial charge in [0, 0.05) is 29.8 Å². The second-order valence-electron chi connectivity index (χ2n) is 5.58. The first-order valence-corrected chi connectivity index (χ1v) is 7.27. The summed E-state index contributed by atoms with van der Waals surface area (Å²) in [6.45, 7) is 2.08. The van der Waals surface area contributed by atoms with Crippen LogP contribution in [0.5, 0.6) is 0 Å². The number of aromatic nitrogens is 2. The number of amides is 1. The molecule has 1 aromatic carbocycles. The molecule has 0 atom stereocenters. The summed E-state index contributed by atoms with van der Waals surface area (Å²) < 4.78 is 0. The number of fused-ring (bicyclic) bond motifs is 1. The van der Waals surface area contributed by atoms with Crippen LogP contribution in [0.15, 0.2) is 24.3 Å². The molecule has 2 aliphatic rings. The zero-order chi connectivity index (χ0) is 14.4. The van der Waals surface area contributed by atoms with Gasteiger partial charge in [0.05, 0.1) is 11.4 Å². The summed E-state index contributed by atoms with van der Waals surface area (Å²) in [4.78, 5) is 22.8. The fourth-order valence-corrected chi connectivity index (χ4v) is 2.74. The molecule has 0 saturated carbocycles. The number of nitrogens with zero attached hydrogens (tertiary/aromatic N) is 3. The first-order valence-electron chi connectivity index (χ1n) is 7.27. The molecule has 106 valence electrons. The highest BCUT2D eigenvalue weighted by atomic mass is 16.1. The van der Waals surface area contributed by atoms with Gasteiger partial charge < -0.3 is 10.6 Å². The van der Waals surface area contributed by atoms with Gasteiger partial charge in [-0.1, -0.05) is 12.1 Å². The fraction of sp³-hybridized carbons (Fsp3) is 0.312. The average Bonchev–Trinajstić information content (AvgIpc) is 2.39. The monoisotopic (exact) mass is 280 g/mol. The van der Waals surface area contributed by atoms with E-state index in [-0.39, 0.29) is 0 Å². The maximum Gasteiger partial charge on any atom is 0.248 e. The average molecular weight is 280 g/mol. The van der Waals surface area contributed by atoms with E-state index >= 15 is 0 Å². The maximum absolute atomic E-state index is 11.2. The minimum absolute atomic E-state index is 0.404. The lowest BCUT2D eigenvalue weighted by atomic mass is 9.89. The minimum atomic E-state index is -0.404. The number of primary amides is 1. The summed E-state index contributed by atoms with van der Waals surface area (Å²) >= 11 is 0. The van der Waals surface area contributed by atoms with Gasteiger partial charge in [0.1, 0.15) is 0 Å². The Bertz CT molecular complexity index is 720. The molecule has 21 heavy (non-hydrogen) atoms. The Morgan fingerprint density at radius 3 is 2.38 bits per heavy atom. The molecule has 0 bridgehead atoms. The summed E-state index contributed by atoms with van der Waals surface area (Å²) in [5, 5.41) is 0. The van der Waals surface area contributed by atoms with E-state index in [9.17, 15) is 4.79 Å². The molecule has 1 aromatic heterocycles. The number of rotatable bonds is 3. The highest BCUT2D eigenvalue weighted by Gasteiger charge is 2.26. The zero-order valence-electron chi connectivity index (χ0n) is 11.7. The highest BCUT2D eigenvalue weighted by molar-refractivity contribution is 5.93. The van der Waals surface area contributed by atoms with Crippen LogP contribution in [-0.4, -0.2) is 29.0 Å². The van der Waals surface area contributed by atoms with Crippen molar-refractivity contribution in [1.82, 2.24) is 9.97 Å². The number of hydrogen-bond donors (Lipinski definition) is 1. The number of hydrogen-bond acceptors (Lipinski definition) is 4. The van der Waals surface area contributed by atoms with Gasteiger partial charge in [-0.15, -0.1) is 0 Å². The van der Waals surface area contributed by atoms with Crippen molar-refractivity contribution in [3.63, 3.8) is 0 Å². The van der Waals surface area contributed by atoms with Gasteiger partial charge in [-0.2, -0.15) is 0 Å². The lowest BCUT2D eigenvalue weighted by Gasteiger charge is -2.33. The summed E-state index contributed by atoms with van der Waals surface area (Å²) in [6.07, 6.45) is 3.27. The molecule has 0 radical (unpaired) electrons. The van der Waals surface area contributed by atoms with Crippen molar-refractivity contribution < 1.29 is 4.79 Å². The number of carbonyl (C=O) groups is 1. The third-order valence-corrected chi connectivity index (χ3v) is 4.27. The standard InChI is InChI=1S/C16H16N4O/c17-15(21)11-4-2-10(3-5-11)14-12-6-7-13(12)18-16(19-14)20-8-1-9-20/h2-5H,1,6-9H2,(H2,17,21). The summed E-state index contributed by atoms with van der Waals surface area (Å²) in [6, 6.07) is 7.35. The Morgan fingerprint density at radius 1 is 1.10 bits per heavy atom. The van der Waals surface area contributed by atoms with Crippen molar-refractivity contribution in [2.24, 2.45) is 5.73 Å². The van der Waals surface area contributed by atoms with Crippen LogP contribution in [0, 0.1) is 0 Å². The van der Waals surface area contributed by atoms with Crippen molar-refractivity contribution in [1.29, 1.82) is 0 Å². The molecule has 1 fully saturated rings. The molecule has 2 aromatic rings. The Hall–Kier alpha value is -2.43. The predicted molar refractivity (Wildman–Crippen MR) is 80.2 cm³/mol. The van der Waals surface area contributed by atoms with Crippen LogP contribution in [0.4, 0.5) is 5.95 Å². The Balaban J connectivity index is 1.76. The third-order valence-electron chi connectivity index (χ3n) is 4.27. The van der Waals surface area contributed by atoms with E-state index in [0.717, 1.165) is 43.1 Å². The topological polar surface area (TPSA) is 72.1 Å². The largest absolute Gasteiger partial charge is 0.366 e. The zero-order valence-corrected chi connectivity index (χ0v) is 11.7. The van der Waals surface area contributed by atoms with Crippen LogP contribution in [0.25, 0.3) is 11.3 Å². The molecule has 0 spiro atoms. The molecule has 4 rings (SSSR count). The van der Waals surface area contributed by atoms with Crippen LogP contribution < -0.4 is 10.6 Å². The second-order valence-corrected chi connectivity index (χ2v) is 5.58. The van der Waals surface area contributed by atoms with Crippen molar-refractivity contribution in [2.45, 2.75) is 19.3 Å². The van der Waals surface area contributed by atoms with E-state index in [0.29, 0.717) is 5.56 Å². The van der Waals surface area contributed by atoms with Gasteiger partial charge in [0.15, 0.2) is 0 Å². The molecule has 1 saturated heterocycles. The van der Waals surface area contributed by atoms with Gasteiger partial charge in [-0.05, 0) is 31.4 Å². The first kappa shape index (κ1) is 12.3. The van der Waals surface area contributed by atoms with E-state index < -0.39 is 5.91 Å². The molecule has 2 heterocycles. The second kappa shape index (κ2) is 4.55. The molecule has 1 amide bonds. The van der Waals surface area contributed by atoms with Crippen molar-refractivity contribution in [3.05, 3.63) is 41.1 Å². The van der Waals surface area contributed by atoms with Crippen molar-refractivity contribution in [3.8, 4) is 11.3 Å². The number of nitrogens with two attached hydrogens (primary N) is 1. The summed E-state index contributed by atoms with van der Waals surface area (Å²) in [5.41, 5.74) is 10.2. The van der Waals surface area contributed by atoms with E-state index in [1.807, 2.05) is 12.1 Å². The predicted octanol–water partition coefficient (Wildman–Crippen LogP) is 1.55. The van der Waals surface area contributed by atoms with E-state index in [1.165, 1.54) is 17.7 Å². The van der Waals surface area contributed by atoms with Gasteiger partial charge in [-0.3, -0.25) is 4.79 Å². The van der Waals surface area contributed by atoms with Gasteiger partial charge in [0.25, 0.3) is 0 Å². The summed E-state index contributed by atoms with van der Waals surface area (Å²) in [5.74, 6) is 0.437. The van der Waals surface area contributed by atoms with E-state index in [1.54, 1.807) is 12.1 Å². The van der Waals surface area contributed by atoms with Crippen LogP contribution in [0.3, 0.4) is 0 Å². The number of carbonyl (C=O) groups excluding carboxylic acids is 1. The fourth-order valence-electron chi connectivity index (χ4n) is 2.74. The molecule has 5 heteroatoms. The number of aryl methyl sites for hydroxylation is 1. The minimum Gasteiger partial charge on any atom is -0.366 e. The van der Waals surface area contributed by atoms with Crippen LogP contribution >= 0.6 is 0 Å². The van der Waals surface area contributed by atoms with Crippen molar-refractivity contribution in [2.75, 3.05) is 18.0 Å². The normalized spacial score (nSPS) is 15.9. The van der Waals surface area contributed by atoms with Crippen molar-refractivity contribution >= 4 is 11.9 Å². The Kier molecular flexibility index (Phi) is 2.67. The quantitative estimate of drug-likeness (QED) is 0.926. The molecule has 5 nitrogen and oxygen atoms in total. The van der Waals surface area contributed by atoms with E-state index in [2.05, 4.69) is 9.88 Å². The van der Waals surface area contributed by atoms with Gasteiger partial charge in [0.2, 0.25) is 11.9 Å². The summed E-state index contributed by atoms with van der Waals surface area (Å²) in [7, 11) is 0. The molecule has 0 unspecified atom stereocenters. The first-order chi connectivity index (χ1) is 10.2. The SMILES string of the molecule is NC(=O)c1ccc(-c2nc(N3CCC3)nc3c2CC3)cc1. The van der Waals surface area contributed by atoms with Crippen LogP contribution in [0.2, 0.25) is 0 Å². The molecule has 1 aliphatic heterocycles. The van der Waals surface area contributed by atoms with Gasteiger partial charge >= 0.3 is 0 Å². The lowest BCUT2D eigenvalue weighted by molar-refractivity contribution is 0.100. The van der Waals surface area contributed by atoms with Crippen LogP contribution in [0.1, 0.15) is 28.0 Å². The smallest absolute Gasteiger partial charge is 0.248 e. The lowest BCUT2D eigenvalue weighted by Crippen LogP contribution is -2.39. The number of benzene rings is 1. The Labute approximate surface area is 122 Å². The molecular weight excluding hydrogens is 264 g/mol. The molecule has 1 aliphatic carbocycles. The van der Waals surface area contributed by atoms with E-state index in [4.69, 9.17) is 10.7 Å². The molecule has 2 N–H and O–H groups in total. The Morgan fingerprint density at radius 2 is 1.86 bits per heavy atom. The highest BCUT2D eigenvalue weighted by Crippen LogP contribution is 2.33. The van der Waals surface area contributed by atoms with Crippen LogP contribution in [-0.2, 0) is 12.8 Å². The third kappa shape index (κ3) is 1.96. The van der Waals surface area contributed by atoms with Gasteiger partial charge in [-0.25, -0.2) is 9.97 Å². The molecular formula is C16H16N4O.